The summed E-state index contributed by atoms with van der Waals surface area (Å²) >= 11 is 0. The quantitative estimate of drug-likeness (QED) is 0.503. The van der Waals surface area contributed by atoms with Crippen LogP contribution in [0.1, 0.15) is 24.5 Å². The number of likely N-dealkylation sites (N-methyl/N-ethyl adjacent to an activating group) is 1. The average molecular weight is 441 g/mol. The van der Waals surface area contributed by atoms with Crippen molar-refractivity contribution in [2.45, 2.75) is 38.7 Å². The summed E-state index contributed by atoms with van der Waals surface area (Å²) in [6, 6.07) is 8.38. The highest BCUT2D eigenvalue weighted by molar-refractivity contribution is 5.80. The molecule has 0 bridgehead atoms. The first-order chi connectivity index (χ1) is 14.9. The molecule has 0 spiro atoms. The highest BCUT2D eigenvalue weighted by Gasteiger charge is 2.34. The fraction of sp³-hybridized carbons (Fsp3) is 0.682. The van der Waals surface area contributed by atoms with Crippen molar-refractivity contribution in [2.24, 2.45) is 4.99 Å². The van der Waals surface area contributed by atoms with E-state index in [1.807, 2.05) is 6.07 Å². The first kappa shape index (κ1) is 23.8. The normalized spacial score (nSPS) is 22.1. The van der Waals surface area contributed by atoms with Crippen LogP contribution in [0.5, 0.6) is 0 Å². The molecule has 1 aromatic carbocycles. The van der Waals surface area contributed by atoms with Crippen molar-refractivity contribution in [2.75, 3.05) is 59.4 Å². The van der Waals surface area contributed by atoms with Gasteiger partial charge in [-0.1, -0.05) is 31.2 Å². The van der Waals surface area contributed by atoms with Gasteiger partial charge >= 0.3 is 6.18 Å². The molecule has 0 aliphatic carbocycles. The first-order valence-electron chi connectivity index (χ1n) is 11.1. The Balaban J connectivity index is 1.49. The minimum atomic E-state index is -4.15. The second-order valence-electron chi connectivity index (χ2n) is 8.39. The summed E-state index contributed by atoms with van der Waals surface area (Å²) in [5.41, 5.74) is 2.51. The fourth-order valence-corrected chi connectivity index (χ4v) is 4.30. The Kier molecular flexibility index (Phi) is 8.57. The van der Waals surface area contributed by atoms with Gasteiger partial charge in [-0.25, -0.2) is 0 Å². The summed E-state index contributed by atoms with van der Waals surface area (Å²) in [4.78, 5) is 10.7. The number of hydrogen-bond acceptors (Lipinski definition) is 4. The van der Waals surface area contributed by atoms with Crippen LogP contribution in [-0.2, 0) is 13.1 Å². The molecule has 2 aliphatic rings. The largest absolute Gasteiger partial charge is 0.401 e. The zero-order chi connectivity index (χ0) is 22.3. The molecule has 0 saturated carbocycles. The van der Waals surface area contributed by atoms with Crippen LogP contribution in [0, 0.1) is 0 Å². The Bertz CT molecular complexity index is 715. The van der Waals surface area contributed by atoms with Crippen LogP contribution in [-0.4, -0.2) is 92.3 Å². The Labute approximate surface area is 183 Å². The zero-order valence-electron chi connectivity index (χ0n) is 18.6. The maximum Gasteiger partial charge on any atom is 0.401 e. The topological polar surface area (TPSA) is 46.1 Å². The number of likely N-dealkylation sites (tertiary alicyclic amines) is 1. The number of piperazine rings is 1. The van der Waals surface area contributed by atoms with Crippen LogP contribution in [0.25, 0.3) is 0 Å². The molecule has 1 aromatic rings. The lowest BCUT2D eigenvalue weighted by Crippen LogP contribution is -2.46. The summed E-state index contributed by atoms with van der Waals surface area (Å²) in [5.74, 6) is 0.630. The minimum Gasteiger partial charge on any atom is -0.352 e. The molecule has 0 amide bonds. The van der Waals surface area contributed by atoms with Crippen molar-refractivity contribution in [3.63, 3.8) is 0 Å². The smallest absolute Gasteiger partial charge is 0.352 e. The second-order valence-corrected chi connectivity index (χ2v) is 8.39. The number of rotatable bonds is 7. The lowest BCUT2D eigenvalue weighted by Gasteiger charge is -2.34. The number of nitrogens with one attached hydrogen (secondary N) is 2. The van der Waals surface area contributed by atoms with Gasteiger partial charge in [0.15, 0.2) is 5.96 Å². The van der Waals surface area contributed by atoms with Gasteiger partial charge in [0.25, 0.3) is 0 Å². The molecular formula is C22H35F3N6. The molecule has 174 valence electrons. The molecule has 31 heavy (non-hydrogen) atoms. The second kappa shape index (κ2) is 11.2. The molecule has 1 atom stereocenters. The van der Waals surface area contributed by atoms with Crippen molar-refractivity contribution in [1.82, 2.24) is 25.3 Å². The van der Waals surface area contributed by atoms with E-state index in [9.17, 15) is 13.2 Å². The molecule has 0 radical (unpaired) electrons. The zero-order valence-corrected chi connectivity index (χ0v) is 18.6. The first-order valence-corrected chi connectivity index (χ1v) is 11.1. The van der Waals surface area contributed by atoms with Crippen LogP contribution in [0.15, 0.2) is 29.3 Å². The van der Waals surface area contributed by atoms with Crippen LogP contribution >= 0.6 is 0 Å². The Morgan fingerprint density at radius 3 is 2.35 bits per heavy atom. The van der Waals surface area contributed by atoms with Gasteiger partial charge in [-0.3, -0.25) is 14.8 Å². The summed E-state index contributed by atoms with van der Waals surface area (Å²) in [6.07, 6.45) is -3.47. The van der Waals surface area contributed by atoms with Gasteiger partial charge in [-0.15, -0.1) is 0 Å². The molecule has 0 aromatic heterocycles. The molecule has 2 aliphatic heterocycles. The monoisotopic (exact) mass is 440 g/mol. The number of aliphatic imine (C=N–C) groups is 1. The van der Waals surface area contributed by atoms with Gasteiger partial charge in [0.05, 0.1) is 6.54 Å². The van der Waals surface area contributed by atoms with E-state index < -0.39 is 12.7 Å². The van der Waals surface area contributed by atoms with Crippen molar-refractivity contribution in [3.8, 4) is 0 Å². The summed E-state index contributed by atoms with van der Waals surface area (Å²) in [5, 5.41) is 6.62. The van der Waals surface area contributed by atoms with E-state index in [4.69, 9.17) is 0 Å². The van der Waals surface area contributed by atoms with Crippen LogP contribution in [0.4, 0.5) is 13.2 Å². The third kappa shape index (κ3) is 7.66. The predicted octanol–water partition coefficient (Wildman–Crippen LogP) is 2.13. The van der Waals surface area contributed by atoms with Gasteiger partial charge in [0, 0.05) is 65.4 Å². The van der Waals surface area contributed by atoms with Gasteiger partial charge in [-0.05, 0) is 24.1 Å². The SMILES string of the molecule is CCN1CCN(Cc2ccccc2CNC(=NC)NC2CCN(CC(F)(F)F)C2)CC1. The van der Waals surface area contributed by atoms with Gasteiger partial charge in [0.1, 0.15) is 0 Å². The third-order valence-corrected chi connectivity index (χ3v) is 6.11. The Hall–Kier alpha value is -1.84. The number of benzene rings is 1. The van der Waals surface area contributed by atoms with Crippen molar-refractivity contribution in [1.29, 1.82) is 0 Å². The van der Waals surface area contributed by atoms with Crippen molar-refractivity contribution in [3.05, 3.63) is 35.4 Å². The van der Waals surface area contributed by atoms with E-state index in [-0.39, 0.29) is 6.04 Å². The standard InChI is InChI=1S/C22H35F3N6/c1-3-29-10-12-30(13-11-29)15-19-7-5-4-6-18(19)14-27-21(26-2)28-20-8-9-31(16-20)17-22(23,24)25/h4-7,20H,3,8-17H2,1-2H3,(H2,26,27,28). The summed E-state index contributed by atoms with van der Waals surface area (Å²) < 4.78 is 37.8. The van der Waals surface area contributed by atoms with Crippen LogP contribution in [0.3, 0.4) is 0 Å². The van der Waals surface area contributed by atoms with E-state index in [1.54, 1.807) is 7.05 Å². The lowest BCUT2D eigenvalue weighted by molar-refractivity contribution is -0.143. The minimum absolute atomic E-state index is 0.0290. The Morgan fingerprint density at radius 2 is 1.71 bits per heavy atom. The van der Waals surface area contributed by atoms with Gasteiger partial charge in [-0.2, -0.15) is 13.2 Å². The van der Waals surface area contributed by atoms with E-state index >= 15 is 0 Å². The summed E-state index contributed by atoms with van der Waals surface area (Å²) in [6.45, 7) is 9.22. The highest BCUT2D eigenvalue weighted by Crippen LogP contribution is 2.20. The molecule has 1 unspecified atom stereocenters. The van der Waals surface area contributed by atoms with Crippen molar-refractivity contribution < 1.29 is 13.2 Å². The number of hydrogen-bond donors (Lipinski definition) is 2. The highest BCUT2D eigenvalue weighted by atomic mass is 19.4. The summed E-state index contributed by atoms with van der Waals surface area (Å²) in [7, 11) is 1.69. The molecule has 6 nitrogen and oxygen atoms in total. The van der Waals surface area contributed by atoms with Gasteiger partial charge < -0.3 is 15.5 Å². The van der Waals surface area contributed by atoms with Crippen LogP contribution in [0.2, 0.25) is 0 Å². The van der Waals surface area contributed by atoms with E-state index in [0.29, 0.717) is 32.0 Å². The predicted molar refractivity (Wildman–Crippen MR) is 118 cm³/mol. The molecule has 3 rings (SSSR count). The number of guanidine groups is 1. The third-order valence-electron chi connectivity index (χ3n) is 6.11. The van der Waals surface area contributed by atoms with Crippen molar-refractivity contribution >= 4 is 5.96 Å². The van der Waals surface area contributed by atoms with E-state index in [1.165, 1.54) is 16.0 Å². The van der Waals surface area contributed by atoms with Gasteiger partial charge in [0.2, 0.25) is 0 Å². The van der Waals surface area contributed by atoms with E-state index in [0.717, 1.165) is 39.3 Å². The molecule has 2 fully saturated rings. The maximum atomic E-state index is 12.6. The number of halogens is 3. The number of nitrogens with zero attached hydrogens (tertiary/aromatic N) is 4. The fourth-order valence-electron chi connectivity index (χ4n) is 4.30. The molecule has 2 heterocycles. The lowest BCUT2D eigenvalue weighted by atomic mass is 10.1. The number of alkyl halides is 3. The maximum absolute atomic E-state index is 12.6. The van der Waals surface area contributed by atoms with Crippen LogP contribution < -0.4 is 10.6 Å². The molecule has 9 heteroatoms. The van der Waals surface area contributed by atoms with E-state index in [2.05, 4.69) is 50.5 Å². The molecule has 2 saturated heterocycles. The Morgan fingerprint density at radius 1 is 1.03 bits per heavy atom. The molecule has 2 N–H and O–H groups in total. The molecular weight excluding hydrogens is 405 g/mol. The average Bonchev–Trinajstić information content (AvgIpc) is 3.17.